The minimum atomic E-state index is 0.696. The van der Waals surface area contributed by atoms with Gasteiger partial charge in [-0.05, 0) is 68.0 Å². The van der Waals surface area contributed by atoms with Crippen molar-refractivity contribution in [2.24, 2.45) is 5.92 Å². The molecule has 2 aliphatic rings. The summed E-state index contributed by atoms with van der Waals surface area (Å²) >= 11 is 0. The zero-order valence-electron chi connectivity index (χ0n) is 16.4. The van der Waals surface area contributed by atoms with Gasteiger partial charge in [-0.15, -0.1) is 0 Å². The molecule has 2 aliphatic heterocycles. The van der Waals surface area contributed by atoms with E-state index in [1.807, 2.05) is 0 Å². The topological polar surface area (TPSA) is 24.9 Å². The molecule has 1 aromatic carbocycles. The van der Waals surface area contributed by atoms with Crippen LogP contribution in [0.1, 0.15) is 44.2 Å². The minimum absolute atomic E-state index is 0.696. The summed E-state index contributed by atoms with van der Waals surface area (Å²) in [6.45, 7) is 10.6. The van der Waals surface area contributed by atoms with Crippen LogP contribution >= 0.6 is 0 Å². The Morgan fingerprint density at radius 3 is 2.48 bits per heavy atom. The zero-order chi connectivity index (χ0) is 17.8. The fraction of sp³-hybridized carbons (Fsp3) is 0.714. The molecule has 140 valence electrons. The van der Waals surface area contributed by atoms with E-state index in [0.29, 0.717) is 6.04 Å². The van der Waals surface area contributed by atoms with Crippen molar-refractivity contribution in [3.63, 3.8) is 0 Å². The highest BCUT2D eigenvalue weighted by Gasteiger charge is 2.28. The molecule has 0 N–H and O–H groups in total. The van der Waals surface area contributed by atoms with Crippen LogP contribution in [-0.4, -0.2) is 56.2 Å². The number of ether oxygens (including phenoxy) is 2. The molecule has 1 aromatic rings. The van der Waals surface area contributed by atoms with Crippen LogP contribution in [0.2, 0.25) is 0 Å². The lowest BCUT2D eigenvalue weighted by Gasteiger charge is -2.41. The summed E-state index contributed by atoms with van der Waals surface area (Å²) in [5, 5.41) is 0. The maximum absolute atomic E-state index is 5.50. The van der Waals surface area contributed by atoms with Crippen molar-refractivity contribution in [2.75, 3.05) is 40.4 Å². The third kappa shape index (κ3) is 4.48. The standard InChI is InChI=1S/C21H34N2O2/c1-16(2)7-10-22-9-5-6-19(15-22)23-11-8-17-12-20(24-3)21(25-4)13-18(17)14-23/h12-13,16,19H,5-11,14-15H2,1-4H3. The van der Waals surface area contributed by atoms with E-state index >= 15 is 0 Å². The molecule has 0 radical (unpaired) electrons. The van der Waals surface area contributed by atoms with Crippen LogP contribution in [-0.2, 0) is 13.0 Å². The molecular weight excluding hydrogens is 312 g/mol. The lowest BCUT2D eigenvalue weighted by Crippen LogP contribution is -2.49. The first-order valence-corrected chi connectivity index (χ1v) is 9.81. The maximum atomic E-state index is 5.50. The van der Waals surface area contributed by atoms with Crippen molar-refractivity contribution in [1.82, 2.24) is 9.80 Å². The summed E-state index contributed by atoms with van der Waals surface area (Å²) in [6, 6.07) is 5.04. The van der Waals surface area contributed by atoms with E-state index in [0.717, 1.165) is 36.9 Å². The number of piperidine rings is 1. The molecule has 1 fully saturated rings. The molecule has 0 aliphatic carbocycles. The van der Waals surface area contributed by atoms with Crippen molar-refractivity contribution in [3.8, 4) is 11.5 Å². The Morgan fingerprint density at radius 1 is 1.08 bits per heavy atom. The van der Waals surface area contributed by atoms with Crippen molar-refractivity contribution >= 4 is 0 Å². The van der Waals surface area contributed by atoms with E-state index < -0.39 is 0 Å². The smallest absolute Gasteiger partial charge is 0.161 e. The molecule has 4 heteroatoms. The Morgan fingerprint density at radius 2 is 1.80 bits per heavy atom. The first-order valence-electron chi connectivity index (χ1n) is 9.81. The van der Waals surface area contributed by atoms with Gasteiger partial charge in [0.2, 0.25) is 0 Å². The predicted octanol–water partition coefficient (Wildman–Crippen LogP) is 3.57. The monoisotopic (exact) mass is 346 g/mol. The average Bonchev–Trinajstić information content (AvgIpc) is 2.65. The van der Waals surface area contributed by atoms with Crippen molar-refractivity contribution < 1.29 is 9.47 Å². The summed E-state index contributed by atoms with van der Waals surface area (Å²) < 4.78 is 11.0. The first-order chi connectivity index (χ1) is 12.1. The summed E-state index contributed by atoms with van der Waals surface area (Å²) in [5.74, 6) is 2.50. The Labute approximate surface area is 153 Å². The lowest BCUT2D eigenvalue weighted by molar-refractivity contribution is 0.0850. The number of hydrogen-bond donors (Lipinski definition) is 0. The first kappa shape index (κ1) is 18.5. The fourth-order valence-corrected chi connectivity index (χ4v) is 4.19. The molecule has 1 saturated heterocycles. The van der Waals surface area contributed by atoms with Gasteiger partial charge in [-0.3, -0.25) is 4.90 Å². The zero-order valence-corrected chi connectivity index (χ0v) is 16.4. The number of nitrogens with zero attached hydrogens (tertiary/aromatic N) is 2. The molecule has 0 bridgehead atoms. The van der Waals surface area contributed by atoms with Crippen LogP contribution in [0.3, 0.4) is 0 Å². The summed E-state index contributed by atoms with van der Waals surface area (Å²) in [7, 11) is 3.44. The average molecular weight is 347 g/mol. The highest BCUT2D eigenvalue weighted by molar-refractivity contribution is 5.48. The van der Waals surface area contributed by atoms with Gasteiger partial charge in [0.25, 0.3) is 0 Å². The van der Waals surface area contributed by atoms with E-state index in [9.17, 15) is 0 Å². The van der Waals surface area contributed by atoms with Crippen molar-refractivity contribution in [1.29, 1.82) is 0 Å². The lowest BCUT2D eigenvalue weighted by atomic mass is 9.95. The third-order valence-electron chi connectivity index (χ3n) is 5.77. The molecule has 4 nitrogen and oxygen atoms in total. The molecule has 1 unspecified atom stereocenters. The van der Waals surface area contributed by atoms with Crippen LogP contribution in [0.4, 0.5) is 0 Å². The number of methoxy groups -OCH3 is 2. The largest absolute Gasteiger partial charge is 0.493 e. The van der Waals surface area contributed by atoms with E-state index in [4.69, 9.17) is 9.47 Å². The SMILES string of the molecule is COc1cc2c(cc1OC)CN(C1CCCN(CCC(C)C)C1)CC2. The molecule has 3 rings (SSSR count). The van der Waals surface area contributed by atoms with Crippen LogP contribution < -0.4 is 9.47 Å². The number of fused-ring (bicyclic) bond motifs is 1. The molecule has 0 saturated carbocycles. The molecular formula is C21H34N2O2. The van der Waals surface area contributed by atoms with Crippen molar-refractivity contribution in [2.45, 2.75) is 52.1 Å². The summed E-state index contributed by atoms with van der Waals surface area (Å²) in [6.07, 6.45) is 5.09. The number of rotatable bonds is 6. The van der Waals surface area contributed by atoms with Crippen LogP contribution in [0.25, 0.3) is 0 Å². The van der Waals surface area contributed by atoms with Gasteiger partial charge in [0.05, 0.1) is 14.2 Å². The second-order valence-corrected chi connectivity index (χ2v) is 7.98. The van der Waals surface area contributed by atoms with Gasteiger partial charge in [-0.2, -0.15) is 0 Å². The molecule has 0 spiro atoms. The van der Waals surface area contributed by atoms with Gasteiger partial charge in [-0.1, -0.05) is 13.8 Å². The van der Waals surface area contributed by atoms with Crippen LogP contribution in [0.15, 0.2) is 12.1 Å². The molecule has 2 heterocycles. The van der Waals surface area contributed by atoms with Crippen molar-refractivity contribution in [3.05, 3.63) is 23.3 Å². The fourth-order valence-electron chi connectivity index (χ4n) is 4.19. The van der Waals surface area contributed by atoms with Gasteiger partial charge >= 0.3 is 0 Å². The Bertz CT molecular complexity index is 573. The van der Waals surface area contributed by atoms with Gasteiger partial charge in [0.1, 0.15) is 0 Å². The van der Waals surface area contributed by atoms with Crippen LogP contribution in [0.5, 0.6) is 11.5 Å². The quantitative estimate of drug-likeness (QED) is 0.786. The van der Waals surface area contributed by atoms with E-state index in [1.54, 1.807) is 14.2 Å². The number of hydrogen-bond acceptors (Lipinski definition) is 4. The van der Waals surface area contributed by atoms with E-state index in [1.165, 1.54) is 50.0 Å². The third-order valence-corrected chi connectivity index (χ3v) is 5.77. The number of benzene rings is 1. The van der Waals surface area contributed by atoms with Gasteiger partial charge in [-0.25, -0.2) is 0 Å². The van der Waals surface area contributed by atoms with Gasteiger partial charge < -0.3 is 14.4 Å². The Kier molecular flexibility index (Phi) is 6.24. The highest BCUT2D eigenvalue weighted by Crippen LogP contribution is 2.34. The second-order valence-electron chi connectivity index (χ2n) is 7.98. The molecule has 0 aromatic heterocycles. The van der Waals surface area contributed by atoms with E-state index in [-0.39, 0.29) is 0 Å². The number of likely N-dealkylation sites (tertiary alicyclic amines) is 1. The van der Waals surface area contributed by atoms with Crippen LogP contribution in [0, 0.1) is 5.92 Å². The Hall–Kier alpha value is -1.26. The van der Waals surface area contributed by atoms with Gasteiger partial charge in [0.15, 0.2) is 11.5 Å². The second kappa shape index (κ2) is 8.41. The normalized spacial score (nSPS) is 22.0. The van der Waals surface area contributed by atoms with E-state index in [2.05, 4.69) is 35.8 Å². The van der Waals surface area contributed by atoms with Gasteiger partial charge in [0, 0.05) is 25.7 Å². The summed E-state index contributed by atoms with van der Waals surface area (Å²) in [5.41, 5.74) is 2.82. The minimum Gasteiger partial charge on any atom is -0.493 e. The summed E-state index contributed by atoms with van der Waals surface area (Å²) in [4.78, 5) is 5.37. The molecule has 0 amide bonds. The highest BCUT2D eigenvalue weighted by atomic mass is 16.5. The Balaban J connectivity index is 1.65. The predicted molar refractivity (Wildman–Crippen MR) is 103 cm³/mol. The maximum Gasteiger partial charge on any atom is 0.161 e. The molecule has 25 heavy (non-hydrogen) atoms. The molecule has 1 atom stereocenters.